The van der Waals surface area contributed by atoms with E-state index in [-0.39, 0.29) is 12.1 Å². The van der Waals surface area contributed by atoms with Crippen molar-refractivity contribution in [1.29, 1.82) is 0 Å². The summed E-state index contributed by atoms with van der Waals surface area (Å²) in [6.45, 7) is 7.37. The quantitative estimate of drug-likeness (QED) is 0.498. The number of hydrogen-bond donors (Lipinski definition) is 0. The topological polar surface area (TPSA) is 48.6 Å². The number of piperidine rings is 1. The Morgan fingerprint density at radius 3 is 2.71 bits per heavy atom. The van der Waals surface area contributed by atoms with Crippen LogP contribution in [0.25, 0.3) is 0 Å². The molecule has 4 nitrogen and oxygen atoms in total. The van der Waals surface area contributed by atoms with Gasteiger partial charge >= 0.3 is 0 Å². The van der Waals surface area contributed by atoms with E-state index >= 15 is 0 Å². The van der Waals surface area contributed by atoms with Crippen molar-refractivity contribution in [2.45, 2.75) is 58.1 Å². The largest absolute Gasteiger partial charge is 0.387 e. The van der Waals surface area contributed by atoms with Gasteiger partial charge in [-0.1, -0.05) is 53.2 Å². The fourth-order valence-corrected chi connectivity index (χ4v) is 5.65. The Morgan fingerprint density at radius 2 is 1.84 bits per heavy atom. The molecule has 1 fully saturated rings. The minimum atomic E-state index is -0.0106. The Hall–Kier alpha value is -2.50. The zero-order valence-corrected chi connectivity index (χ0v) is 19.2. The van der Waals surface area contributed by atoms with Gasteiger partial charge in [-0.2, -0.15) is 0 Å². The minimum absolute atomic E-state index is 0.0106. The highest BCUT2D eigenvalue weighted by Gasteiger charge is 2.30. The molecule has 0 N–H and O–H groups in total. The summed E-state index contributed by atoms with van der Waals surface area (Å²) in [7, 11) is 0. The molecule has 2 aromatic carbocycles. The molecular weight excluding hydrogens is 402 g/mol. The third-order valence-electron chi connectivity index (χ3n) is 6.50. The number of rotatable bonds is 4. The highest BCUT2D eigenvalue weighted by atomic mass is 32.1. The van der Waals surface area contributed by atoms with E-state index in [9.17, 15) is 0 Å². The van der Waals surface area contributed by atoms with Gasteiger partial charge < -0.3 is 4.84 Å². The number of aryl methyl sites for hydroxylation is 3. The van der Waals surface area contributed by atoms with Crippen LogP contribution in [-0.2, 0) is 4.84 Å². The van der Waals surface area contributed by atoms with E-state index in [1.807, 2.05) is 0 Å². The van der Waals surface area contributed by atoms with Crippen LogP contribution in [0.2, 0.25) is 0 Å². The zero-order valence-electron chi connectivity index (χ0n) is 18.3. The van der Waals surface area contributed by atoms with E-state index in [0.717, 1.165) is 37.2 Å². The summed E-state index contributed by atoms with van der Waals surface area (Å²) >= 11 is 1.76. The molecule has 2 aliphatic heterocycles. The summed E-state index contributed by atoms with van der Waals surface area (Å²) in [6.07, 6.45) is 2.87. The number of hydrogen-bond acceptors (Lipinski definition) is 4. The SMILES string of the molecule is Cc1ccc(C)c(C2CC(c3nc(C4=NOC(c5ccccc5C)C4)cs3)CC[N]2)c1. The van der Waals surface area contributed by atoms with Gasteiger partial charge in [0.2, 0.25) is 0 Å². The van der Waals surface area contributed by atoms with Gasteiger partial charge in [-0.05, 0) is 55.9 Å². The lowest BCUT2D eigenvalue weighted by molar-refractivity contribution is 0.0853. The van der Waals surface area contributed by atoms with Gasteiger partial charge in [-0.15, -0.1) is 11.3 Å². The van der Waals surface area contributed by atoms with Crippen LogP contribution < -0.4 is 5.32 Å². The Morgan fingerprint density at radius 1 is 1.00 bits per heavy atom. The fraction of sp³-hybridized carbons (Fsp3) is 0.385. The predicted octanol–water partition coefficient (Wildman–Crippen LogP) is 6.16. The van der Waals surface area contributed by atoms with Crippen molar-refractivity contribution in [2.24, 2.45) is 5.16 Å². The van der Waals surface area contributed by atoms with Crippen LogP contribution in [0, 0.1) is 20.8 Å². The lowest BCUT2D eigenvalue weighted by Gasteiger charge is -2.29. The van der Waals surface area contributed by atoms with Crippen molar-refractivity contribution >= 4 is 17.0 Å². The number of thiazole rings is 1. The summed E-state index contributed by atoms with van der Waals surface area (Å²) in [4.78, 5) is 10.8. The molecular formula is C26H28N3OS. The number of aromatic nitrogens is 1. The average Bonchev–Trinajstić information content (AvgIpc) is 3.46. The number of nitrogens with zero attached hydrogens (tertiary/aromatic N) is 3. The van der Waals surface area contributed by atoms with Crippen molar-refractivity contribution in [3.63, 3.8) is 0 Å². The summed E-state index contributed by atoms with van der Waals surface area (Å²) < 4.78 is 0. The van der Waals surface area contributed by atoms with Gasteiger partial charge in [-0.25, -0.2) is 10.3 Å². The smallest absolute Gasteiger partial charge is 0.158 e. The molecule has 5 rings (SSSR count). The third kappa shape index (κ3) is 4.17. The van der Waals surface area contributed by atoms with E-state index in [2.05, 4.69) is 73.8 Å². The molecule has 0 aliphatic carbocycles. The Labute approximate surface area is 188 Å². The fourth-order valence-electron chi connectivity index (χ4n) is 4.67. The maximum absolute atomic E-state index is 5.78. The molecule has 0 saturated carbocycles. The molecule has 3 aromatic rings. The first-order chi connectivity index (χ1) is 15.1. The molecule has 1 radical (unpaired) electrons. The molecule has 3 heterocycles. The lowest BCUT2D eigenvalue weighted by Crippen LogP contribution is -2.26. The third-order valence-corrected chi connectivity index (χ3v) is 7.51. The summed E-state index contributed by atoms with van der Waals surface area (Å²) in [5, 5.41) is 12.7. The van der Waals surface area contributed by atoms with E-state index < -0.39 is 0 Å². The van der Waals surface area contributed by atoms with Gasteiger partial charge in [0.05, 0.1) is 16.7 Å². The van der Waals surface area contributed by atoms with E-state index in [0.29, 0.717) is 5.92 Å². The second kappa shape index (κ2) is 8.56. The molecule has 3 atom stereocenters. The van der Waals surface area contributed by atoms with E-state index in [1.54, 1.807) is 11.3 Å². The maximum Gasteiger partial charge on any atom is 0.158 e. The molecule has 159 valence electrons. The van der Waals surface area contributed by atoms with Crippen LogP contribution in [-0.4, -0.2) is 17.2 Å². The van der Waals surface area contributed by atoms with Gasteiger partial charge in [0.15, 0.2) is 6.10 Å². The van der Waals surface area contributed by atoms with Crippen molar-refractivity contribution in [2.75, 3.05) is 6.54 Å². The number of oxime groups is 1. The first-order valence-corrected chi connectivity index (χ1v) is 11.9. The van der Waals surface area contributed by atoms with Gasteiger partial charge in [0.25, 0.3) is 0 Å². The molecule has 0 spiro atoms. The van der Waals surface area contributed by atoms with Crippen LogP contribution >= 0.6 is 11.3 Å². The summed E-state index contributed by atoms with van der Waals surface area (Å²) in [5.74, 6) is 0.455. The van der Waals surface area contributed by atoms with Crippen molar-refractivity contribution in [3.8, 4) is 0 Å². The molecule has 31 heavy (non-hydrogen) atoms. The molecule has 5 heteroatoms. The lowest BCUT2D eigenvalue weighted by atomic mass is 9.87. The molecule has 1 saturated heterocycles. The second-order valence-electron chi connectivity index (χ2n) is 8.77. The second-order valence-corrected chi connectivity index (χ2v) is 9.66. The van der Waals surface area contributed by atoms with Crippen molar-refractivity contribution in [1.82, 2.24) is 10.3 Å². The summed E-state index contributed by atoms with van der Waals surface area (Å²) in [6, 6.07) is 15.3. The van der Waals surface area contributed by atoms with E-state index in [1.165, 1.54) is 32.8 Å². The van der Waals surface area contributed by atoms with E-state index in [4.69, 9.17) is 15.1 Å². The molecule has 1 aromatic heterocycles. The summed E-state index contributed by atoms with van der Waals surface area (Å²) in [5.41, 5.74) is 8.39. The first-order valence-electron chi connectivity index (χ1n) is 11.1. The van der Waals surface area contributed by atoms with Crippen LogP contribution in [0.1, 0.15) is 75.8 Å². The van der Waals surface area contributed by atoms with Gasteiger partial charge in [0.1, 0.15) is 5.71 Å². The minimum Gasteiger partial charge on any atom is -0.387 e. The molecule has 0 amide bonds. The van der Waals surface area contributed by atoms with Crippen LogP contribution in [0.4, 0.5) is 0 Å². The normalized spacial score (nSPS) is 23.5. The van der Waals surface area contributed by atoms with Gasteiger partial charge in [0, 0.05) is 24.3 Å². The van der Waals surface area contributed by atoms with Crippen LogP contribution in [0.15, 0.2) is 53.0 Å². The number of benzene rings is 2. The highest BCUT2D eigenvalue weighted by molar-refractivity contribution is 7.10. The highest BCUT2D eigenvalue weighted by Crippen LogP contribution is 2.38. The van der Waals surface area contributed by atoms with Crippen molar-refractivity contribution in [3.05, 3.63) is 86.4 Å². The Kier molecular flexibility index (Phi) is 5.63. The van der Waals surface area contributed by atoms with Crippen molar-refractivity contribution < 1.29 is 4.84 Å². The molecule has 2 aliphatic rings. The Bertz CT molecular complexity index is 1120. The Balaban J connectivity index is 1.29. The standard InChI is InChI=1S/C26H28N3OS/c1-16-8-9-18(3)21(12-16)22-13-19(10-11-27-22)26-28-24(15-31-26)23-14-25(30-29-23)20-7-5-4-6-17(20)2/h4-9,12,15,19,22,25H,10-11,13-14H2,1-3H3. The zero-order chi connectivity index (χ0) is 21.4. The maximum atomic E-state index is 5.78. The average molecular weight is 431 g/mol. The van der Waals surface area contributed by atoms with Crippen LogP contribution in [0.3, 0.4) is 0 Å². The molecule has 3 unspecified atom stereocenters. The molecule has 0 bridgehead atoms. The monoisotopic (exact) mass is 430 g/mol. The van der Waals surface area contributed by atoms with Gasteiger partial charge in [-0.3, -0.25) is 0 Å². The first kappa shape index (κ1) is 20.4. The van der Waals surface area contributed by atoms with Crippen LogP contribution in [0.5, 0.6) is 0 Å². The predicted molar refractivity (Wildman–Crippen MR) is 126 cm³/mol.